The molecule has 0 bridgehead atoms. The van der Waals surface area contributed by atoms with Gasteiger partial charge in [0, 0.05) is 49.5 Å². The Hall–Kier alpha value is -1.92. The van der Waals surface area contributed by atoms with Crippen LogP contribution < -0.4 is 5.32 Å². The Labute approximate surface area is 142 Å². The van der Waals surface area contributed by atoms with Crippen LogP contribution >= 0.6 is 12.2 Å². The highest BCUT2D eigenvalue weighted by Gasteiger charge is 2.17. The van der Waals surface area contributed by atoms with E-state index >= 15 is 0 Å². The number of H-pyrrole nitrogens is 1. The smallest absolute Gasteiger partial charge is 0.169 e. The van der Waals surface area contributed by atoms with Crippen molar-refractivity contribution in [1.82, 2.24) is 25.1 Å². The number of hydrogen-bond acceptors (Lipinski definition) is 3. The molecule has 0 atom stereocenters. The fourth-order valence-electron chi connectivity index (χ4n) is 2.82. The van der Waals surface area contributed by atoms with Gasteiger partial charge in [-0.2, -0.15) is 0 Å². The molecule has 2 aromatic heterocycles. The molecule has 0 amide bonds. The maximum absolute atomic E-state index is 5.49. The third kappa shape index (κ3) is 3.71. The molecule has 1 aliphatic heterocycles. The van der Waals surface area contributed by atoms with Crippen molar-refractivity contribution in [2.45, 2.75) is 6.42 Å². The minimum absolute atomic E-state index is 0.850. The van der Waals surface area contributed by atoms with E-state index in [9.17, 15) is 0 Å². The molecular formula is C17H23N5S. The first-order valence-corrected chi connectivity index (χ1v) is 8.35. The summed E-state index contributed by atoms with van der Waals surface area (Å²) >= 11 is 5.49. The Kier molecular flexibility index (Phi) is 4.93. The van der Waals surface area contributed by atoms with Crippen molar-refractivity contribution in [2.24, 2.45) is 0 Å². The number of fused-ring (bicyclic) bond motifs is 1. The Morgan fingerprint density at radius 3 is 3.09 bits per heavy atom. The molecule has 1 aliphatic rings. The lowest BCUT2D eigenvalue weighted by molar-refractivity contribution is 0.401. The summed E-state index contributed by atoms with van der Waals surface area (Å²) in [5.74, 6) is 0. The molecule has 2 aromatic rings. The second-order valence-corrected chi connectivity index (χ2v) is 6.45. The fraction of sp³-hybridized carbons (Fsp3) is 0.412. The molecule has 0 saturated carbocycles. The molecule has 0 radical (unpaired) electrons. The molecular weight excluding hydrogens is 306 g/mol. The number of pyridine rings is 1. The molecule has 3 rings (SSSR count). The summed E-state index contributed by atoms with van der Waals surface area (Å²) in [6.07, 6.45) is 7.15. The second kappa shape index (κ2) is 7.10. The Morgan fingerprint density at radius 2 is 2.35 bits per heavy atom. The van der Waals surface area contributed by atoms with Crippen LogP contribution in [0.15, 0.2) is 30.6 Å². The van der Waals surface area contributed by atoms with Crippen LogP contribution in [0.25, 0.3) is 16.6 Å². The molecule has 122 valence electrons. The summed E-state index contributed by atoms with van der Waals surface area (Å²) in [4.78, 5) is 12.0. The van der Waals surface area contributed by atoms with Crippen LogP contribution in [-0.2, 0) is 0 Å². The average Bonchev–Trinajstić information content (AvgIpc) is 2.98. The number of nitrogens with zero attached hydrogens (tertiary/aromatic N) is 3. The number of likely N-dealkylation sites (N-methyl/N-ethyl adjacent to an activating group) is 1. The predicted molar refractivity (Wildman–Crippen MR) is 99.4 cm³/mol. The normalized spacial score (nSPS) is 15.1. The Bertz CT molecular complexity index is 719. The van der Waals surface area contributed by atoms with Gasteiger partial charge in [0.15, 0.2) is 5.11 Å². The van der Waals surface area contributed by atoms with Gasteiger partial charge in [0.2, 0.25) is 0 Å². The third-order valence-corrected chi connectivity index (χ3v) is 4.53. The SMILES string of the molecule is CN(C)CCNC(=S)N1CC=C(c2c[nH]c3ncccc23)CC1. The van der Waals surface area contributed by atoms with E-state index < -0.39 is 0 Å². The lowest BCUT2D eigenvalue weighted by Crippen LogP contribution is -2.43. The minimum atomic E-state index is 0.850. The lowest BCUT2D eigenvalue weighted by atomic mass is 10.00. The highest BCUT2D eigenvalue weighted by molar-refractivity contribution is 7.80. The minimum Gasteiger partial charge on any atom is -0.361 e. The molecule has 0 unspecified atom stereocenters. The number of hydrogen-bond donors (Lipinski definition) is 2. The van der Waals surface area contributed by atoms with Crippen LogP contribution in [0.4, 0.5) is 0 Å². The number of thiocarbonyl (C=S) groups is 1. The van der Waals surface area contributed by atoms with Gasteiger partial charge in [-0.05, 0) is 50.4 Å². The van der Waals surface area contributed by atoms with Crippen molar-refractivity contribution in [3.63, 3.8) is 0 Å². The highest BCUT2D eigenvalue weighted by atomic mass is 32.1. The van der Waals surface area contributed by atoms with Gasteiger partial charge in [-0.1, -0.05) is 6.08 Å². The van der Waals surface area contributed by atoms with E-state index in [1.807, 2.05) is 12.3 Å². The molecule has 0 spiro atoms. The Morgan fingerprint density at radius 1 is 1.48 bits per heavy atom. The molecule has 5 nitrogen and oxygen atoms in total. The van der Waals surface area contributed by atoms with E-state index in [-0.39, 0.29) is 0 Å². The van der Waals surface area contributed by atoms with Gasteiger partial charge in [0.25, 0.3) is 0 Å². The van der Waals surface area contributed by atoms with E-state index in [2.05, 4.69) is 57.5 Å². The van der Waals surface area contributed by atoms with Crippen LogP contribution in [0.3, 0.4) is 0 Å². The van der Waals surface area contributed by atoms with Crippen molar-refractivity contribution in [3.8, 4) is 0 Å². The molecule has 0 fully saturated rings. The van der Waals surface area contributed by atoms with Crippen LogP contribution in [0.2, 0.25) is 0 Å². The molecule has 6 heteroatoms. The molecule has 0 aromatic carbocycles. The zero-order chi connectivity index (χ0) is 16.2. The van der Waals surface area contributed by atoms with E-state index in [4.69, 9.17) is 12.2 Å². The van der Waals surface area contributed by atoms with E-state index in [1.165, 1.54) is 16.5 Å². The first kappa shape index (κ1) is 16.0. The summed E-state index contributed by atoms with van der Waals surface area (Å²) in [7, 11) is 4.13. The summed E-state index contributed by atoms with van der Waals surface area (Å²) in [5.41, 5.74) is 3.59. The molecule has 0 saturated heterocycles. The third-order valence-electron chi connectivity index (χ3n) is 4.13. The van der Waals surface area contributed by atoms with Crippen molar-refractivity contribution >= 4 is 33.9 Å². The lowest BCUT2D eigenvalue weighted by Gasteiger charge is -2.29. The average molecular weight is 329 g/mol. The number of rotatable bonds is 4. The molecule has 23 heavy (non-hydrogen) atoms. The zero-order valence-corrected chi connectivity index (χ0v) is 14.5. The van der Waals surface area contributed by atoms with Crippen LogP contribution in [0.5, 0.6) is 0 Å². The van der Waals surface area contributed by atoms with Gasteiger partial charge in [-0.25, -0.2) is 4.98 Å². The zero-order valence-electron chi connectivity index (χ0n) is 13.7. The predicted octanol–water partition coefficient (Wildman–Crippen LogP) is 2.09. The molecule has 2 N–H and O–H groups in total. The number of aromatic amines is 1. The first-order chi connectivity index (χ1) is 11.1. The molecule has 3 heterocycles. The first-order valence-electron chi connectivity index (χ1n) is 7.94. The summed E-state index contributed by atoms with van der Waals surface area (Å²) in [6, 6.07) is 4.11. The van der Waals surface area contributed by atoms with E-state index in [0.717, 1.165) is 43.4 Å². The summed E-state index contributed by atoms with van der Waals surface area (Å²) < 4.78 is 0. The maximum Gasteiger partial charge on any atom is 0.169 e. The standard InChI is InChI=1S/C17H23N5S/c1-21(2)11-8-19-17(23)22-9-5-13(6-10-22)15-12-20-16-14(15)4-3-7-18-16/h3-5,7,12H,6,8-11H2,1-2H3,(H,18,20)(H,19,23). The summed E-state index contributed by atoms with van der Waals surface area (Å²) in [6.45, 7) is 3.67. The van der Waals surface area contributed by atoms with Gasteiger partial charge in [-0.3, -0.25) is 0 Å². The van der Waals surface area contributed by atoms with Crippen LogP contribution in [-0.4, -0.2) is 65.2 Å². The van der Waals surface area contributed by atoms with Crippen molar-refractivity contribution in [3.05, 3.63) is 36.2 Å². The van der Waals surface area contributed by atoms with Gasteiger partial charge in [0.1, 0.15) is 5.65 Å². The van der Waals surface area contributed by atoms with Gasteiger partial charge >= 0.3 is 0 Å². The summed E-state index contributed by atoms with van der Waals surface area (Å²) in [5, 5.41) is 5.38. The van der Waals surface area contributed by atoms with Crippen molar-refractivity contribution in [2.75, 3.05) is 40.3 Å². The van der Waals surface area contributed by atoms with Crippen LogP contribution in [0, 0.1) is 0 Å². The highest BCUT2D eigenvalue weighted by Crippen LogP contribution is 2.28. The van der Waals surface area contributed by atoms with Crippen molar-refractivity contribution in [1.29, 1.82) is 0 Å². The maximum atomic E-state index is 5.49. The van der Waals surface area contributed by atoms with E-state index in [1.54, 1.807) is 0 Å². The molecule has 0 aliphatic carbocycles. The Balaban J connectivity index is 1.63. The van der Waals surface area contributed by atoms with Gasteiger partial charge in [-0.15, -0.1) is 0 Å². The topological polar surface area (TPSA) is 47.2 Å². The fourth-order valence-corrected chi connectivity index (χ4v) is 3.09. The number of nitrogens with one attached hydrogen (secondary N) is 2. The monoisotopic (exact) mass is 329 g/mol. The largest absolute Gasteiger partial charge is 0.361 e. The quantitative estimate of drug-likeness (QED) is 0.841. The number of aromatic nitrogens is 2. The van der Waals surface area contributed by atoms with Crippen molar-refractivity contribution < 1.29 is 0 Å². The van der Waals surface area contributed by atoms with Crippen LogP contribution in [0.1, 0.15) is 12.0 Å². The van der Waals surface area contributed by atoms with Gasteiger partial charge < -0.3 is 20.1 Å². The van der Waals surface area contributed by atoms with E-state index in [0.29, 0.717) is 0 Å². The van der Waals surface area contributed by atoms with Gasteiger partial charge in [0.05, 0.1) is 0 Å². The second-order valence-electron chi connectivity index (χ2n) is 6.06.